The summed E-state index contributed by atoms with van der Waals surface area (Å²) in [5.41, 5.74) is 3.42. The van der Waals surface area contributed by atoms with Crippen molar-refractivity contribution in [1.29, 1.82) is 0 Å². The van der Waals surface area contributed by atoms with E-state index in [0.717, 1.165) is 21.3 Å². The van der Waals surface area contributed by atoms with E-state index in [2.05, 4.69) is 46.7 Å². The second kappa shape index (κ2) is 10.5. The van der Waals surface area contributed by atoms with Gasteiger partial charge in [-0.1, -0.05) is 82.7 Å². The molecule has 2 heterocycles. The summed E-state index contributed by atoms with van der Waals surface area (Å²) in [4.78, 5) is 26.8. The van der Waals surface area contributed by atoms with E-state index in [0.29, 0.717) is 24.0 Å². The Labute approximate surface area is 200 Å². The molecule has 1 saturated heterocycles. The van der Waals surface area contributed by atoms with Crippen molar-refractivity contribution >= 4 is 51.6 Å². The van der Waals surface area contributed by atoms with Gasteiger partial charge in [0.25, 0.3) is 0 Å². The van der Waals surface area contributed by atoms with E-state index in [9.17, 15) is 9.59 Å². The van der Waals surface area contributed by atoms with Crippen LogP contribution >= 0.6 is 34.7 Å². The number of amides is 2. The first-order chi connectivity index (χ1) is 15.5. The van der Waals surface area contributed by atoms with Crippen molar-refractivity contribution in [2.24, 2.45) is 5.92 Å². The van der Waals surface area contributed by atoms with Gasteiger partial charge in [0.1, 0.15) is 0 Å². The number of hydrogen-bond donors (Lipinski definition) is 1. The van der Waals surface area contributed by atoms with Gasteiger partial charge in [-0.05, 0) is 30.5 Å². The molecule has 0 radical (unpaired) electrons. The highest BCUT2D eigenvalue weighted by molar-refractivity contribution is 8.00. The van der Waals surface area contributed by atoms with Crippen molar-refractivity contribution in [2.75, 3.05) is 18.4 Å². The number of benzene rings is 2. The molecule has 166 valence electrons. The summed E-state index contributed by atoms with van der Waals surface area (Å²) in [6.07, 6.45) is 1.01. The Morgan fingerprint density at radius 1 is 1.22 bits per heavy atom. The number of likely N-dealkylation sites (tertiary alicyclic amines) is 1. The predicted octanol–water partition coefficient (Wildman–Crippen LogP) is 4.82. The van der Waals surface area contributed by atoms with Crippen molar-refractivity contribution < 1.29 is 9.59 Å². The van der Waals surface area contributed by atoms with Crippen molar-refractivity contribution in [3.05, 3.63) is 70.2 Å². The summed E-state index contributed by atoms with van der Waals surface area (Å²) in [6.45, 7) is 3.10. The number of rotatable bonds is 8. The molecule has 4 rings (SSSR count). The Hall–Kier alpha value is -2.42. The third-order valence-corrected chi connectivity index (χ3v) is 7.71. The van der Waals surface area contributed by atoms with Gasteiger partial charge in [0, 0.05) is 30.3 Å². The quantitative estimate of drug-likeness (QED) is 0.365. The molecular weight excluding hydrogens is 464 g/mol. The smallest absolute Gasteiger partial charge is 0.231 e. The number of carbonyl (C=O) groups is 2. The lowest BCUT2D eigenvalue weighted by atomic mass is 10.1. The second-order valence-corrected chi connectivity index (χ2v) is 10.3. The molecule has 0 saturated carbocycles. The molecule has 6 nitrogen and oxygen atoms in total. The summed E-state index contributed by atoms with van der Waals surface area (Å²) in [5, 5.41) is 12.2. The number of halogens is 1. The van der Waals surface area contributed by atoms with E-state index in [1.165, 1.54) is 34.2 Å². The first-order valence-corrected chi connectivity index (χ1v) is 12.5. The fourth-order valence-electron chi connectivity index (χ4n) is 3.46. The number of aryl methyl sites for hydroxylation is 1. The molecule has 0 spiro atoms. The molecule has 1 N–H and O–H groups in total. The van der Waals surface area contributed by atoms with Gasteiger partial charge in [0.2, 0.25) is 16.9 Å². The van der Waals surface area contributed by atoms with Crippen LogP contribution in [0, 0.1) is 12.8 Å². The van der Waals surface area contributed by atoms with Crippen molar-refractivity contribution in [3.8, 4) is 0 Å². The first-order valence-electron chi connectivity index (χ1n) is 10.3. The Morgan fingerprint density at radius 3 is 2.78 bits per heavy atom. The van der Waals surface area contributed by atoms with Crippen molar-refractivity contribution in [2.45, 2.75) is 29.9 Å². The van der Waals surface area contributed by atoms with Crippen molar-refractivity contribution in [1.82, 2.24) is 15.1 Å². The van der Waals surface area contributed by atoms with Crippen LogP contribution in [0.5, 0.6) is 0 Å². The standard InChI is InChI=1S/C23H23ClN4O2S2/c1-15-6-8-16(9-7-15)10-11-28-13-18(12-20(28)29)21(30)25-22-26-27-23(32-22)31-14-17-4-2-3-5-19(17)24/h2-9,18H,10-14H2,1H3,(H,25,26,30). The van der Waals surface area contributed by atoms with Gasteiger partial charge < -0.3 is 10.2 Å². The zero-order valence-corrected chi connectivity index (χ0v) is 20.0. The molecule has 32 heavy (non-hydrogen) atoms. The zero-order valence-electron chi connectivity index (χ0n) is 17.6. The predicted molar refractivity (Wildman–Crippen MR) is 129 cm³/mol. The second-order valence-electron chi connectivity index (χ2n) is 7.72. The SMILES string of the molecule is Cc1ccc(CCN2CC(C(=O)Nc3nnc(SCc4ccccc4Cl)s3)CC2=O)cc1. The van der Waals surface area contributed by atoms with Gasteiger partial charge in [0.05, 0.1) is 5.92 Å². The third kappa shape index (κ3) is 5.88. The Morgan fingerprint density at radius 2 is 2.00 bits per heavy atom. The molecule has 3 aromatic rings. The molecule has 9 heteroatoms. The van der Waals surface area contributed by atoms with Gasteiger partial charge in [0.15, 0.2) is 4.34 Å². The topological polar surface area (TPSA) is 75.2 Å². The number of nitrogens with one attached hydrogen (secondary N) is 1. The highest BCUT2D eigenvalue weighted by atomic mass is 35.5. The Kier molecular flexibility index (Phi) is 7.44. The maximum atomic E-state index is 12.7. The van der Waals surface area contributed by atoms with Crippen LogP contribution in [0.4, 0.5) is 5.13 Å². The molecule has 1 aliphatic rings. The highest BCUT2D eigenvalue weighted by Crippen LogP contribution is 2.31. The van der Waals surface area contributed by atoms with Gasteiger partial charge in [-0.3, -0.25) is 9.59 Å². The van der Waals surface area contributed by atoms with Crippen molar-refractivity contribution in [3.63, 3.8) is 0 Å². The lowest BCUT2D eigenvalue weighted by Gasteiger charge is -2.16. The van der Waals surface area contributed by atoms with Crippen LogP contribution in [0.25, 0.3) is 0 Å². The maximum absolute atomic E-state index is 12.7. The monoisotopic (exact) mass is 486 g/mol. The van der Waals surface area contributed by atoms with Crippen LogP contribution in [0.15, 0.2) is 52.9 Å². The molecule has 2 amide bonds. The minimum atomic E-state index is -0.372. The summed E-state index contributed by atoms with van der Waals surface area (Å²) in [6, 6.07) is 16.0. The lowest BCUT2D eigenvalue weighted by molar-refractivity contribution is -0.128. The molecule has 1 atom stereocenters. The van der Waals surface area contributed by atoms with Gasteiger partial charge in [-0.2, -0.15) is 0 Å². The number of hydrogen-bond acceptors (Lipinski definition) is 6. The van der Waals surface area contributed by atoms with Crippen LogP contribution in [0.2, 0.25) is 5.02 Å². The maximum Gasteiger partial charge on any atom is 0.231 e. The van der Waals surface area contributed by atoms with E-state index in [4.69, 9.17) is 11.6 Å². The molecular formula is C23H23ClN4O2S2. The molecule has 0 bridgehead atoms. The largest absolute Gasteiger partial charge is 0.342 e. The fourth-order valence-corrected chi connectivity index (χ4v) is 5.50. The number of aromatic nitrogens is 2. The zero-order chi connectivity index (χ0) is 22.5. The van der Waals surface area contributed by atoms with Gasteiger partial charge in [-0.15, -0.1) is 10.2 Å². The lowest BCUT2D eigenvalue weighted by Crippen LogP contribution is -2.30. The van der Waals surface area contributed by atoms with E-state index in [-0.39, 0.29) is 24.2 Å². The van der Waals surface area contributed by atoms with Gasteiger partial charge >= 0.3 is 0 Å². The molecule has 1 aliphatic heterocycles. The van der Waals surface area contributed by atoms with E-state index >= 15 is 0 Å². The van der Waals surface area contributed by atoms with E-state index in [1.54, 1.807) is 4.90 Å². The number of anilines is 1. The number of nitrogens with zero attached hydrogens (tertiary/aromatic N) is 3. The van der Waals surface area contributed by atoms with Crippen LogP contribution in [-0.2, 0) is 21.8 Å². The summed E-state index contributed by atoms with van der Waals surface area (Å²) < 4.78 is 0.752. The summed E-state index contributed by atoms with van der Waals surface area (Å²) in [7, 11) is 0. The summed E-state index contributed by atoms with van der Waals surface area (Å²) in [5.74, 6) is 0.138. The number of thioether (sulfide) groups is 1. The molecule has 1 fully saturated rings. The minimum absolute atomic E-state index is 0.0190. The molecule has 1 aromatic heterocycles. The molecule has 1 unspecified atom stereocenters. The first kappa shape index (κ1) is 22.8. The number of carbonyl (C=O) groups excluding carboxylic acids is 2. The van der Waals surface area contributed by atoms with Crippen LogP contribution in [0.3, 0.4) is 0 Å². The highest BCUT2D eigenvalue weighted by Gasteiger charge is 2.34. The minimum Gasteiger partial charge on any atom is -0.342 e. The van der Waals surface area contributed by atoms with Gasteiger partial charge in [-0.25, -0.2) is 0 Å². The molecule has 0 aliphatic carbocycles. The normalized spacial score (nSPS) is 15.9. The van der Waals surface area contributed by atoms with E-state index < -0.39 is 0 Å². The Balaban J connectivity index is 1.26. The average Bonchev–Trinajstić information content (AvgIpc) is 3.39. The van der Waals surface area contributed by atoms with Crippen LogP contribution < -0.4 is 5.32 Å². The Bertz CT molecular complexity index is 1100. The average molecular weight is 487 g/mol. The van der Waals surface area contributed by atoms with Crippen LogP contribution in [0.1, 0.15) is 23.1 Å². The third-order valence-electron chi connectivity index (χ3n) is 5.32. The van der Waals surface area contributed by atoms with Crippen LogP contribution in [-0.4, -0.2) is 40.0 Å². The fraction of sp³-hybridized carbons (Fsp3) is 0.304. The van der Waals surface area contributed by atoms with E-state index in [1.807, 2.05) is 24.3 Å². The molecule has 2 aromatic carbocycles. The summed E-state index contributed by atoms with van der Waals surface area (Å²) >= 11 is 9.03.